The first-order chi connectivity index (χ1) is 16.7. The Morgan fingerprint density at radius 3 is 2.63 bits per heavy atom. The second kappa shape index (κ2) is 8.49. The molecule has 4 aromatic rings. The van der Waals surface area contributed by atoms with Gasteiger partial charge >= 0.3 is 0 Å². The summed E-state index contributed by atoms with van der Waals surface area (Å²) in [4.78, 5) is 4.16. The smallest absolute Gasteiger partial charge is 0.196 e. The summed E-state index contributed by atoms with van der Waals surface area (Å²) in [6.07, 6.45) is 2.79. The molecule has 1 atom stereocenters. The highest BCUT2D eigenvalue weighted by atomic mass is 19.1. The Balaban J connectivity index is 1.60. The summed E-state index contributed by atoms with van der Waals surface area (Å²) in [5.41, 5.74) is -1.12. The molecule has 0 saturated heterocycles. The SMILES string of the molecule is COc1cc(-c2nnc3n2CCCC3(Oc2ccccc2F)C(C)(C)O)ccc1-c1cnc(C)o1. The van der Waals surface area contributed by atoms with Crippen LogP contribution < -0.4 is 9.47 Å². The zero-order valence-electron chi connectivity index (χ0n) is 20.1. The second-order valence-electron chi connectivity index (χ2n) is 9.18. The third kappa shape index (κ3) is 3.85. The van der Waals surface area contributed by atoms with Crippen LogP contribution in [0.25, 0.3) is 22.7 Å². The number of hydrogen-bond donors (Lipinski definition) is 1. The standard InChI is InChI=1S/C26H27FN4O4/c1-16-28-15-22(34-16)18-11-10-17(14-21(18)33-4)23-29-30-24-26(25(2,3)32,12-7-13-31(23)24)35-20-9-6-5-8-19(20)27/h5-6,8-11,14-15,32H,7,12-13H2,1-4H3. The van der Waals surface area contributed by atoms with E-state index in [-0.39, 0.29) is 5.75 Å². The number of aryl methyl sites for hydroxylation is 1. The van der Waals surface area contributed by atoms with Gasteiger partial charge in [0, 0.05) is 19.0 Å². The van der Waals surface area contributed by atoms with Crippen LogP contribution >= 0.6 is 0 Å². The Morgan fingerprint density at radius 2 is 1.94 bits per heavy atom. The van der Waals surface area contributed by atoms with Crippen molar-refractivity contribution in [2.24, 2.45) is 0 Å². The molecule has 35 heavy (non-hydrogen) atoms. The van der Waals surface area contributed by atoms with Gasteiger partial charge in [-0.15, -0.1) is 10.2 Å². The van der Waals surface area contributed by atoms with Crippen LogP contribution in [0.3, 0.4) is 0 Å². The van der Waals surface area contributed by atoms with E-state index in [0.717, 1.165) is 11.1 Å². The number of aromatic nitrogens is 4. The molecule has 2 aromatic heterocycles. The zero-order valence-corrected chi connectivity index (χ0v) is 20.1. The summed E-state index contributed by atoms with van der Waals surface area (Å²) in [5, 5.41) is 20.2. The second-order valence-corrected chi connectivity index (χ2v) is 9.18. The molecule has 0 fully saturated rings. The maximum absolute atomic E-state index is 14.5. The van der Waals surface area contributed by atoms with E-state index in [1.54, 1.807) is 52.3 Å². The van der Waals surface area contributed by atoms with Crippen molar-refractivity contribution in [1.29, 1.82) is 0 Å². The minimum absolute atomic E-state index is 0.0565. The molecule has 0 saturated carbocycles. The lowest BCUT2D eigenvalue weighted by molar-refractivity contribution is -0.138. The average molecular weight is 479 g/mol. The van der Waals surface area contributed by atoms with E-state index in [1.807, 2.05) is 22.8 Å². The van der Waals surface area contributed by atoms with Gasteiger partial charge in [-0.05, 0) is 51.0 Å². The first-order valence-corrected chi connectivity index (χ1v) is 11.4. The molecule has 1 aliphatic heterocycles. The number of ether oxygens (including phenoxy) is 2. The number of methoxy groups -OCH3 is 1. The largest absolute Gasteiger partial charge is 0.496 e. The number of benzene rings is 2. The fourth-order valence-corrected chi connectivity index (χ4v) is 4.66. The summed E-state index contributed by atoms with van der Waals surface area (Å²) in [6.45, 7) is 5.71. The average Bonchev–Trinajstić information content (AvgIpc) is 3.46. The van der Waals surface area contributed by atoms with Gasteiger partial charge in [0.1, 0.15) is 11.4 Å². The molecule has 0 aliphatic carbocycles. The van der Waals surface area contributed by atoms with Crippen molar-refractivity contribution in [2.75, 3.05) is 7.11 Å². The molecule has 182 valence electrons. The van der Waals surface area contributed by atoms with Crippen molar-refractivity contribution >= 4 is 0 Å². The van der Waals surface area contributed by atoms with Crippen LogP contribution in [0.5, 0.6) is 11.5 Å². The van der Waals surface area contributed by atoms with Gasteiger partial charge in [0.05, 0.1) is 18.9 Å². The van der Waals surface area contributed by atoms with Crippen LogP contribution in [0.15, 0.2) is 53.1 Å². The Hall–Kier alpha value is -3.72. The molecule has 1 unspecified atom stereocenters. The van der Waals surface area contributed by atoms with Crippen molar-refractivity contribution in [2.45, 2.75) is 51.4 Å². The van der Waals surface area contributed by atoms with E-state index >= 15 is 0 Å². The first kappa shape index (κ1) is 23.0. The van der Waals surface area contributed by atoms with Crippen LogP contribution in [-0.4, -0.2) is 37.6 Å². The van der Waals surface area contributed by atoms with Crippen LogP contribution in [0.2, 0.25) is 0 Å². The van der Waals surface area contributed by atoms with E-state index in [1.165, 1.54) is 6.07 Å². The minimum atomic E-state index is -1.37. The molecular weight excluding hydrogens is 451 g/mol. The number of halogens is 1. The van der Waals surface area contributed by atoms with Gasteiger partial charge in [0.15, 0.2) is 40.5 Å². The maximum Gasteiger partial charge on any atom is 0.196 e. The van der Waals surface area contributed by atoms with Gasteiger partial charge in [-0.2, -0.15) is 0 Å². The van der Waals surface area contributed by atoms with Crippen LogP contribution in [0.1, 0.15) is 38.4 Å². The van der Waals surface area contributed by atoms with E-state index in [4.69, 9.17) is 13.9 Å². The van der Waals surface area contributed by atoms with Crippen molar-refractivity contribution in [3.63, 3.8) is 0 Å². The number of fused-ring (bicyclic) bond motifs is 1. The van der Waals surface area contributed by atoms with Crippen LogP contribution in [-0.2, 0) is 12.1 Å². The van der Waals surface area contributed by atoms with Gasteiger partial charge < -0.3 is 23.6 Å². The topological polar surface area (TPSA) is 95.4 Å². The number of aliphatic hydroxyl groups is 1. The molecule has 8 nitrogen and oxygen atoms in total. The number of nitrogens with zero attached hydrogens (tertiary/aromatic N) is 4. The Bertz CT molecular complexity index is 1370. The van der Waals surface area contributed by atoms with Crippen molar-refractivity contribution < 1.29 is 23.4 Å². The van der Waals surface area contributed by atoms with Gasteiger partial charge in [0.2, 0.25) is 0 Å². The molecule has 0 amide bonds. The van der Waals surface area contributed by atoms with E-state index in [2.05, 4.69) is 15.2 Å². The number of oxazole rings is 1. The van der Waals surface area contributed by atoms with E-state index in [9.17, 15) is 9.50 Å². The molecule has 5 rings (SSSR count). The fourth-order valence-electron chi connectivity index (χ4n) is 4.66. The summed E-state index contributed by atoms with van der Waals surface area (Å²) >= 11 is 0. The van der Waals surface area contributed by atoms with Gasteiger partial charge in [-0.1, -0.05) is 18.2 Å². The normalized spacial score (nSPS) is 17.8. The van der Waals surface area contributed by atoms with Crippen molar-refractivity contribution in [3.05, 3.63) is 66.2 Å². The predicted octanol–water partition coefficient (Wildman–Crippen LogP) is 4.90. The molecule has 9 heteroatoms. The number of rotatable bonds is 6. The fraction of sp³-hybridized carbons (Fsp3) is 0.346. The summed E-state index contributed by atoms with van der Waals surface area (Å²) in [7, 11) is 1.59. The monoisotopic (exact) mass is 478 g/mol. The van der Waals surface area contributed by atoms with Gasteiger partial charge in [-0.25, -0.2) is 9.37 Å². The Kier molecular flexibility index (Phi) is 5.59. The highest BCUT2D eigenvalue weighted by molar-refractivity contribution is 5.71. The number of para-hydroxylation sites is 1. The predicted molar refractivity (Wildman–Crippen MR) is 126 cm³/mol. The maximum atomic E-state index is 14.5. The molecule has 3 heterocycles. The van der Waals surface area contributed by atoms with E-state index in [0.29, 0.717) is 48.4 Å². The molecule has 0 radical (unpaired) electrons. The van der Waals surface area contributed by atoms with Crippen molar-refractivity contribution in [1.82, 2.24) is 19.7 Å². The zero-order chi connectivity index (χ0) is 24.8. The van der Waals surface area contributed by atoms with Gasteiger partial charge in [-0.3, -0.25) is 0 Å². The third-order valence-corrected chi connectivity index (χ3v) is 6.48. The lowest BCUT2D eigenvalue weighted by Crippen LogP contribution is -2.55. The first-order valence-electron chi connectivity index (χ1n) is 11.4. The lowest BCUT2D eigenvalue weighted by Gasteiger charge is -2.44. The highest BCUT2D eigenvalue weighted by Crippen LogP contribution is 2.45. The van der Waals surface area contributed by atoms with Crippen LogP contribution in [0.4, 0.5) is 4.39 Å². The third-order valence-electron chi connectivity index (χ3n) is 6.48. The highest BCUT2D eigenvalue weighted by Gasteiger charge is 2.53. The molecule has 1 N–H and O–H groups in total. The molecule has 0 bridgehead atoms. The molecule has 1 aliphatic rings. The minimum Gasteiger partial charge on any atom is -0.496 e. The number of hydrogen-bond acceptors (Lipinski definition) is 7. The van der Waals surface area contributed by atoms with Crippen LogP contribution in [0, 0.1) is 12.7 Å². The lowest BCUT2D eigenvalue weighted by atomic mass is 9.79. The Labute approximate surface area is 202 Å². The summed E-state index contributed by atoms with van der Waals surface area (Å²) in [6, 6.07) is 11.8. The molecule has 0 spiro atoms. The molecular formula is C26H27FN4O4. The van der Waals surface area contributed by atoms with Gasteiger partial charge in [0.25, 0.3) is 0 Å². The summed E-state index contributed by atoms with van der Waals surface area (Å²) in [5.74, 6) is 2.37. The Morgan fingerprint density at radius 1 is 1.14 bits per heavy atom. The molecule has 2 aromatic carbocycles. The van der Waals surface area contributed by atoms with Crippen molar-refractivity contribution in [3.8, 4) is 34.2 Å². The van der Waals surface area contributed by atoms with E-state index < -0.39 is 17.0 Å². The quantitative estimate of drug-likeness (QED) is 0.421. The summed E-state index contributed by atoms with van der Waals surface area (Å²) < 4.78 is 34.0.